The summed E-state index contributed by atoms with van der Waals surface area (Å²) in [4.78, 5) is 11.9. The third-order valence-electron chi connectivity index (χ3n) is 2.29. The third kappa shape index (κ3) is 3.85. The summed E-state index contributed by atoms with van der Waals surface area (Å²) in [7, 11) is 1.53. The van der Waals surface area contributed by atoms with Crippen LogP contribution in [0.4, 0.5) is 5.69 Å². The fraction of sp³-hybridized carbons (Fsp3) is 0.417. The summed E-state index contributed by atoms with van der Waals surface area (Å²) in [5, 5.41) is 2.91. The van der Waals surface area contributed by atoms with Crippen molar-refractivity contribution in [2.24, 2.45) is 0 Å². The molecule has 94 valence electrons. The first-order valence-electron chi connectivity index (χ1n) is 5.31. The van der Waals surface area contributed by atoms with Crippen LogP contribution < -0.4 is 15.8 Å². The van der Waals surface area contributed by atoms with Crippen LogP contribution >= 0.6 is 11.8 Å². The zero-order chi connectivity index (χ0) is 12.8. The predicted molar refractivity (Wildman–Crippen MR) is 72.7 cm³/mol. The predicted octanol–water partition coefficient (Wildman–Crippen LogP) is 1.76. The Morgan fingerprint density at radius 3 is 2.88 bits per heavy atom. The highest BCUT2D eigenvalue weighted by Crippen LogP contribution is 2.22. The van der Waals surface area contributed by atoms with Crippen LogP contribution in [-0.2, 0) is 0 Å². The SMILES string of the molecule is COc1cc(C(=O)NC(C)CSC)ccc1N. The van der Waals surface area contributed by atoms with Gasteiger partial charge in [0, 0.05) is 17.4 Å². The maximum absolute atomic E-state index is 11.9. The second kappa shape index (κ2) is 6.39. The summed E-state index contributed by atoms with van der Waals surface area (Å²) in [6.07, 6.45) is 2.01. The Balaban J connectivity index is 2.75. The molecule has 0 aliphatic rings. The van der Waals surface area contributed by atoms with Crippen LogP contribution in [0, 0.1) is 0 Å². The average Bonchev–Trinajstić information content (AvgIpc) is 2.29. The highest BCUT2D eigenvalue weighted by Gasteiger charge is 2.11. The van der Waals surface area contributed by atoms with Crippen LogP contribution in [0.3, 0.4) is 0 Å². The maximum atomic E-state index is 11.9. The van der Waals surface area contributed by atoms with E-state index in [2.05, 4.69) is 5.32 Å². The van der Waals surface area contributed by atoms with Gasteiger partial charge >= 0.3 is 0 Å². The van der Waals surface area contributed by atoms with Crippen molar-refractivity contribution >= 4 is 23.4 Å². The molecule has 0 aliphatic heterocycles. The van der Waals surface area contributed by atoms with E-state index in [0.717, 1.165) is 5.75 Å². The number of nitrogens with one attached hydrogen (secondary N) is 1. The van der Waals surface area contributed by atoms with Crippen LogP contribution in [0.5, 0.6) is 5.75 Å². The van der Waals surface area contributed by atoms with E-state index in [0.29, 0.717) is 17.0 Å². The van der Waals surface area contributed by atoms with Crippen molar-refractivity contribution in [1.29, 1.82) is 0 Å². The maximum Gasteiger partial charge on any atom is 0.251 e. The minimum atomic E-state index is -0.107. The van der Waals surface area contributed by atoms with Crippen molar-refractivity contribution in [1.82, 2.24) is 5.32 Å². The average molecular weight is 254 g/mol. The molecule has 3 N–H and O–H groups in total. The molecule has 0 saturated carbocycles. The van der Waals surface area contributed by atoms with Crippen LogP contribution in [0.15, 0.2) is 18.2 Å². The second-order valence-electron chi connectivity index (χ2n) is 3.79. The van der Waals surface area contributed by atoms with Gasteiger partial charge in [-0.15, -0.1) is 0 Å². The Bertz CT molecular complexity index is 396. The molecular formula is C12H18N2O2S. The number of hydrogen-bond acceptors (Lipinski definition) is 4. The lowest BCUT2D eigenvalue weighted by molar-refractivity contribution is 0.0943. The number of nitrogen functional groups attached to an aromatic ring is 1. The van der Waals surface area contributed by atoms with Gasteiger partial charge in [0.15, 0.2) is 0 Å². The van der Waals surface area contributed by atoms with Crippen molar-refractivity contribution in [2.45, 2.75) is 13.0 Å². The Kier molecular flexibility index (Phi) is 5.15. The number of anilines is 1. The molecule has 0 aliphatic carbocycles. The molecule has 1 unspecified atom stereocenters. The van der Waals surface area contributed by atoms with Crippen molar-refractivity contribution < 1.29 is 9.53 Å². The number of rotatable bonds is 5. The molecule has 5 heteroatoms. The lowest BCUT2D eigenvalue weighted by Crippen LogP contribution is -2.34. The van der Waals surface area contributed by atoms with Crippen molar-refractivity contribution in [3.63, 3.8) is 0 Å². The molecule has 17 heavy (non-hydrogen) atoms. The quantitative estimate of drug-likeness (QED) is 0.786. The van der Waals surface area contributed by atoms with Gasteiger partial charge in [-0.25, -0.2) is 0 Å². The first kappa shape index (κ1) is 13.7. The van der Waals surface area contributed by atoms with E-state index in [1.54, 1.807) is 30.0 Å². The number of methoxy groups -OCH3 is 1. The van der Waals surface area contributed by atoms with Gasteiger partial charge in [-0.1, -0.05) is 0 Å². The van der Waals surface area contributed by atoms with Crippen LogP contribution in [-0.4, -0.2) is 31.1 Å². The van der Waals surface area contributed by atoms with E-state index in [1.165, 1.54) is 7.11 Å². The van der Waals surface area contributed by atoms with Gasteiger partial charge in [-0.3, -0.25) is 4.79 Å². The number of nitrogens with two attached hydrogens (primary N) is 1. The summed E-state index contributed by atoms with van der Waals surface area (Å²) in [6, 6.07) is 5.16. The lowest BCUT2D eigenvalue weighted by atomic mass is 10.1. The molecule has 1 aromatic rings. The number of benzene rings is 1. The second-order valence-corrected chi connectivity index (χ2v) is 4.70. The molecule has 0 radical (unpaired) electrons. The Morgan fingerprint density at radius 2 is 2.29 bits per heavy atom. The third-order valence-corrected chi connectivity index (χ3v) is 3.12. The van der Waals surface area contributed by atoms with Gasteiger partial charge in [0.2, 0.25) is 0 Å². The monoisotopic (exact) mass is 254 g/mol. The fourth-order valence-corrected chi connectivity index (χ4v) is 2.03. The minimum absolute atomic E-state index is 0.107. The Hall–Kier alpha value is -1.36. The lowest BCUT2D eigenvalue weighted by Gasteiger charge is -2.13. The van der Waals surface area contributed by atoms with Gasteiger partial charge in [-0.2, -0.15) is 11.8 Å². The highest BCUT2D eigenvalue weighted by atomic mass is 32.2. The van der Waals surface area contributed by atoms with Gasteiger partial charge in [0.05, 0.1) is 12.8 Å². The van der Waals surface area contributed by atoms with E-state index in [4.69, 9.17) is 10.5 Å². The molecule has 0 fully saturated rings. The molecule has 1 aromatic carbocycles. The van der Waals surface area contributed by atoms with E-state index in [-0.39, 0.29) is 11.9 Å². The number of carbonyl (C=O) groups is 1. The molecule has 0 spiro atoms. The first-order valence-corrected chi connectivity index (χ1v) is 6.71. The highest BCUT2D eigenvalue weighted by molar-refractivity contribution is 7.98. The van der Waals surface area contributed by atoms with Crippen LogP contribution in [0.2, 0.25) is 0 Å². The summed E-state index contributed by atoms with van der Waals surface area (Å²) < 4.78 is 5.08. The first-order chi connectivity index (χ1) is 8.08. The van der Waals surface area contributed by atoms with Crippen LogP contribution in [0.25, 0.3) is 0 Å². The zero-order valence-corrected chi connectivity index (χ0v) is 11.1. The summed E-state index contributed by atoms with van der Waals surface area (Å²) in [6.45, 7) is 1.98. The number of thioether (sulfide) groups is 1. The largest absolute Gasteiger partial charge is 0.495 e. The number of carbonyl (C=O) groups excluding carboxylic acids is 1. The van der Waals surface area contributed by atoms with E-state index < -0.39 is 0 Å². The van der Waals surface area contributed by atoms with E-state index in [9.17, 15) is 4.79 Å². The molecular weight excluding hydrogens is 236 g/mol. The normalized spacial score (nSPS) is 11.9. The van der Waals surface area contributed by atoms with Crippen molar-refractivity contribution in [3.05, 3.63) is 23.8 Å². The fourth-order valence-electron chi connectivity index (χ4n) is 1.45. The van der Waals surface area contributed by atoms with Gasteiger partial charge < -0.3 is 15.8 Å². The van der Waals surface area contributed by atoms with Gasteiger partial charge in [0.1, 0.15) is 5.75 Å². The molecule has 0 saturated heterocycles. The molecule has 1 atom stereocenters. The minimum Gasteiger partial charge on any atom is -0.495 e. The number of ether oxygens (including phenoxy) is 1. The Labute approximate surface area is 106 Å². The number of hydrogen-bond donors (Lipinski definition) is 2. The van der Waals surface area contributed by atoms with Crippen molar-refractivity contribution in [3.8, 4) is 5.75 Å². The molecule has 0 aromatic heterocycles. The molecule has 0 heterocycles. The van der Waals surface area contributed by atoms with E-state index in [1.807, 2.05) is 13.2 Å². The molecule has 1 rings (SSSR count). The summed E-state index contributed by atoms with van der Waals surface area (Å²) in [5.41, 5.74) is 6.78. The zero-order valence-electron chi connectivity index (χ0n) is 10.3. The standard InChI is InChI=1S/C12H18N2O2S/c1-8(7-17-3)14-12(15)9-4-5-10(13)11(6-9)16-2/h4-6,8H,7,13H2,1-3H3,(H,14,15). The smallest absolute Gasteiger partial charge is 0.251 e. The molecule has 0 bridgehead atoms. The van der Waals surface area contributed by atoms with Crippen LogP contribution in [0.1, 0.15) is 17.3 Å². The van der Waals surface area contributed by atoms with Gasteiger partial charge in [-0.05, 0) is 31.4 Å². The molecule has 4 nitrogen and oxygen atoms in total. The van der Waals surface area contributed by atoms with Gasteiger partial charge in [0.25, 0.3) is 5.91 Å². The number of amides is 1. The summed E-state index contributed by atoms with van der Waals surface area (Å²) >= 11 is 1.70. The molecule has 1 amide bonds. The van der Waals surface area contributed by atoms with E-state index >= 15 is 0 Å². The van der Waals surface area contributed by atoms with Crippen molar-refractivity contribution in [2.75, 3.05) is 24.9 Å². The topological polar surface area (TPSA) is 64.3 Å². The summed E-state index contributed by atoms with van der Waals surface area (Å²) in [5.74, 6) is 1.30. The Morgan fingerprint density at radius 1 is 1.59 bits per heavy atom.